The second kappa shape index (κ2) is 10.5. The van der Waals surface area contributed by atoms with Gasteiger partial charge in [0, 0.05) is 32.6 Å². The van der Waals surface area contributed by atoms with Crippen LogP contribution in [0.2, 0.25) is 0 Å². The van der Waals surface area contributed by atoms with Crippen LogP contribution in [0.5, 0.6) is 0 Å². The van der Waals surface area contributed by atoms with Gasteiger partial charge in [-0.1, -0.05) is 12.1 Å². The first kappa shape index (κ1) is 20.7. The highest BCUT2D eigenvalue weighted by atomic mass is 19.1. The van der Waals surface area contributed by atoms with Crippen molar-refractivity contribution >= 4 is 17.8 Å². The first-order valence-corrected chi connectivity index (χ1v) is 9.35. The van der Waals surface area contributed by atoms with Gasteiger partial charge in [-0.2, -0.15) is 0 Å². The van der Waals surface area contributed by atoms with Gasteiger partial charge in [0.1, 0.15) is 5.82 Å². The van der Waals surface area contributed by atoms with Crippen LogP contribution in [0.4, 0.5) is 4.39 Å². The molecule has 1 saturated heterocycles. The number of carbonyl (C=O) groups is 2. The first-order chi connectivity index (χ1) is 13.0. The molecule has 2 rings (SSSR count). The van der Waals surface area contributed by atoms with Crippen molar-refractivity contribution in [3.05, 3.63) is 35.6 Å². The van der Waals surface area contributed by atoms with Crippen molar-refractivity contribution in [1.29, 1.82) is 0 Å². The number of likely N-dealkylation sites (tertiary alicyclic amines) is 1. The van der Waals surface area contributed by atoms with E-state index >= 15 is 0 Å². The molecule has 27 heavy (non-hydrogen) atoms. The molecular formula is C19H28FN5O2. The number of hydrogen-bond acceptors (Lipinski definition) is 3. The van der Waals surface area contributed by atoms with E-state index in [-0.39, 0.29) is 17.4 Å². The highest BCUT2D eigenvalue weighted by molar-refractivity contribution is 5.94. The zero-order valence-electron chi connectivity index (χ0n) is 15.7. The topological polar surface area (TPSA) is 99.8 Å². The predicted molar refractivity (Wildman–Crippen MR) is 103 cm³/mol. The SMILES string of the molecule is CCNC(=NCCNC(=O)c1ccccc1F)N1CCCC(CC(N)=O)C1. The minimum absolute atomic E-state index is 0.0266. The molecule has 1 aromatic carbocycles. The van der Waals surface area contributed by atoms with E-state index in [4.69, 9.17) is 5.73 Å². The monoisotopic (exact) mass is 377 g/mol. The molecule has 7 nitrogen and oxygen atoms in total. The number of rotatable bonds is 7. The van der Waals surface area contributed by atoms with Crippen LogP contribution in [0.25, 0.3) is 0 Å². The molecule has 0 spiro atoms. The summed E-state index contributed by atoms with van der Waals surface area (Å²) in [5, 5.41) is 5.92. The number of benzene rings is 1. The Balaban J connectivity index is 1.88. The molecule has 1 aliphatic heterocycles. The number of nitrogens with one attached hydrogen (secondary N) is 2. The van der Waals surface area contributed by atoms with Crippen molar-refractivity contribution in [2.24, 2.45) is 16.6 Å². The van der Waals surface area contributed by atoms with Crippen LogP contribution in [0, 0.1) is 11.7 Å². The molecule has 0 aromatic heterocycles. The Kier molecular flexibility index (Phi) is 8.03. The van der Waals surface area contributed by atoms with Gasteiger partial charge < -0.3 is 21.3 Å². The third-order valence-electron chi connectivity index (χ3n) is 4.42. The van der Waals surface area contributed by atoms with Crippen molar-refractivity contribution in [3.8, 4) is 0 Å². The van der Waals surface area contributed by atoms with E-state index in [0.29, 0.717) is 19.5 Å². The van der Waals surface area contributed by atoms with Crippen LogP contribution in [-0.4, -0.2) is 55.4 Å². The molecular weight excluding hydrogens is 349 g/mol. The minimum atomic E-state index is -0.541. The lowest BCUT2D eigenvalue weighted by atomic mass is 9.95. The van der Waals surface area contributed by atoms with Gasteiger partial charge in [0.15, 0.2) is 5.96 Å². The van der Waals surface area contributed by atoms with Crippen molar-refractivity contribution < 1.29 is 14.0 Å². The van der Waals surface area contributed by atoms with Crippen LogP contribution >= 0.6 is 0 Å². The van der Waals surface area contributed by atoms with Crippen LogP contribution in [-0.2, 0) is 4.79 Å². The fraction of sp³-hybridized carbons (Fsp3) is 0.526. The minimum Gasteiger partial charge on any atom is -0.370 e. The zero-order valence-corrected chi connectivity index (χ0v) is 15.7. The quantitative estimate of drug-likeness (QED) is 0.376. The van der Waals surface area contributed by atoms with Crippen molar-refractivity contribution in [2.45, 2.75) is 26.2 Å². The highest BCUT2D eigenvalue weighted by Gasteiger charge is 2.23. The Labute approximate surface area is 159 Å². The smallest absolute Gasteiger partial charge is 0.254 e. The van der Waals surface area contributed by atoms with Gasteiger partial charge in [0.25, 0.3) is 5.91 Å². The summed E-state index contributed by atoms with van der Waals surface area (Å²) in [5.41, 5.74) is 5.35. The van der Waals surface area contributed by atoms with Gasteiger partial charge in [-0.25, -0.2) is 4.39 Å². The maximum atomic E-state index is 13.6. The molecule has 148 valence electrons. The number of aliphatic imine (C=N–C) groups is 1. The Morgan fingerprint density at radius 1 is 1.33 bits per heavy atom. The zero-order chi connectivity index (χ0) is 19.6. The van der Waals surface area contributed by atoms with E-state index in [0.717, 1.165) is 38.4 Å². The van der Waals surface area contributed by atoms with E-state index < -0.39 is 11.7 Å². The summed E-state index contributed by atoms with van der Waals surface area (Å²) in [6, 6.07) is 5.88. The number of guanidine groups is 1. The molecule has 8 heteroatoms. The van der Waals surface area contributed by atoms with E-state index in [1.165, 1.54) is 12.1 Å². The molecule has 1 heterocycles. The van der Waals surface area contributed by atoms with Crippen LogP contribution in [0.15, 0.2) is 29.3 Å². The maximum Gasteiger partial charge on any atom is 0.254 e. The number of piperidine rings is 1. The second-order valence-electron chi connectivity index (χ2n) is 6.60. The average molecular weight is 377 g/mol. The van der Waals surface area contributed by atoms with Gasteiger partial charge in [-0.15, -0.1) is 0 Å². The first-order valence-electron chi connectivity index (χ1n) is 9.35. The highest BCUT2D eigenvalue weighted by Crippen LogP contribution is 2.19. The molecule has 1 fully saturated rings. The summed E-state index contributed by atoms with van der Waals surface area (Å²) in [7, 11) is 0. The van der Waals surface area contributed by atoms with E-state index in [9.17, 15) is 14.0 Å². The Bertz CT molecular complexity index is 680. The van der Waals surface area contributed by atoms with Crippen molar-refractivity contribution in [2.75, 3.05) is 32.7 Å². The molecule has 1 aliphatic rings. The van der Waals surface area contributed by atoms with Crippen molar-refractivity contribution in [3.63, 3.8) is 0 Å². The summed E-state index contributed by atoms with van der Waals surface area (Å²) in [5.74, 6) is -0.277. The molecule has 0 bridgehead atoms. The normalized spacial score (nSPS) is 17.5. The number of halogens is 1. The Morgan fingerprint density at radius 3 is 2.81 bits per heavy atom. The summed E-state index contributed by atoms with van der Waals surface area (Å²) < 4.78 is 13.6. The molecule has 0 saturated carbocycles. The van der Waals surface area contributed by atoms with Gasteiger partial charge in [-0.3, -0.25) is 14.6 Å². The number of amides is 2. The third-order valence-corrected chi connectivity index (χ3v) is 4.42. The number of nitrogens with two attached hydrogens (primary N) is 1. The number of primary amides is 1. The summed E-state index contributed by atoms with van der Waals surface area (Å²) in [6.45, 7) is 4.98. The fourth-order valence-electron chi connectivity index (χ4n) is 3.21. The van der Waals surface area contributed by atoms with Gasteiger partial charge in [0.2, 0.25) is 5.91 Å². The molecule has 4 N–H and O–H groups in total. The van der Waals surface area contributed by atoms with Crippen molar-refractivity contribution in [1.82, 2.24) is 15.5 Å². The average Bonchev–Trinajstić information content (AvgIpc) is 2.64. The number of hydrogen-bond donors (Lipinski definition) is 3. The summed E-state index contributed by atoms with van der Waals surface area (Å²) >= 11 is 0. The lowest BCUT2D eigenvalue weighted by Gasteiger charge is -2.34. The largest absolute Gasteiger partial charge is 0.370 e. The van der Waals surface area contributed by atoms with E-state index in [1.54, 1.807) is 12.1 Å². The number of nitrogens with zero attached hydrogens (tertiary/aromatic N) is 2. The second-order valence-corrected chi connectivity index (χ2v) is 6.60. The lowest BCUT2D eigenvalue weighted by Crippen LogP contribution is -2.47. The van der Waals surface area contributed by atoms with Crippen LogP contribution in [0.3, 0.4) is 0 Å². The van der Waals surface area contributed by atoms with Gasteiger partial charge in [-0.05, 0) is 37.8 Å². The van der Waals surface area contributed by atoms with Gasteiger partial charge >= 0.3 is 0 Å². The standard InChI is InChI=1S/C19H28FN5O2/c1-2-22-19(25-11-5-6-14(13-25)12-17(21)26)24-10-9-23-18(27)15-7-3-4-8-16(15)20/h3-4,7-8,14H,2,5-6,9-13H2,1H3,(H2,21,26)(H,22,24)(H,23,27). The Morgan fingerprint density at radius 2 is 2.11 bits per heavy atom. The summed E-state index contributed by atoms with van der Waals surface area (Å²) in [4.78, 5) is 29.9. The van der Waals surface area contributed by atoms with Crippen LogP contribution < -0.4 is 16.4 Å². The van der Waals surface area contributed by atoms with Crippen LogP contribution in [0.1, 0.15) is 36.5 Å². The Hall–Kier alpha value is -2.64. The van der Waals surface area contributed by atoms with E-state index in [2.05, 4.69) is 20.5 Å². The maximum absolute atomic E-state index is 13.6. The molecule has 2 amide bonds. The molecule has 0 aliphatic carbocycles. The summed E-state index contributed by atoms with van der Waals surface area (Å²) in [6.07, 6.45) is 2.35. The number of carbonyl (C=O) groups excluding carboxylic acids is 2. The lowest BCUT2D eigenvalue weighted by molar-refractivity contribution is -0.119. The van der Waals surface area contributed by atoms with Gasteiger partial charge in [0.05, 0.1) is 12.1 Å². The van der Waals surface area contributed by atoms with E-state index in [1.807, 2.05) is 6.92 Å². The third kappa shape index (κ3) is 6.54. The molecule has 1 atom stereocenters. The molecule has 1 aromatic rings. The fourth-order valence-corrected chi connectivity index (χ4v) is 3.21. The predicted octanol–water partition coefficient (Wildman–Crippen LogP) is 1.11. The molecule has 0 radical (unpaired) electrons. The molecule has 1 unspecified atom stereocenters.